The molecule has 0 spiro atoms. The summed E-state index contributed by atoms with van der Waals surface area (Å²) < 4.78 is 0. The van der Waals surface area contributed by atoms with Crippen LogP contribution in [0.25, 0.3) is 24.3 Å². The lowest BCUT2D eigenvalue weighted by atomic mass is 10.00. The van der Waals surface area contributed by atoms with Crippen LogP contribution in [-0.2, 0) is 25.6 Å². The third kappa shape index (κ3) is 6.18. The molecular formula is C33H34N4O6. The molecule has 4 heterocycles. The highest BCUT2D eigenvalue weighted by Crippen LogP contribution is 2.27. The maximum absolute atomic E-state index is 12.4. The molecule has 4 rings (SSSR count). The summed E-state index contributed by atoms with van der Waals surface area (Å²) in [6.07, 6.45) is 8.95. The molecule has 222 valence electrons. The molecule has 2 aromatic heterocycles. The van der Waals surface area contributed by atoms with Gasteiger partial charge in [-0.25, -0.2) is 4.99 Å². The number of rotatable bonds is 11. The van der Waals surface area contributed by atoms with E-state index in [2.05, 4.69) is 33.4 Å². The molecule has 0 saturated carbocycles. The Balaban J connectivity index is 1.86. The minimum atomic E-state index is -0.981. The molecule has 0 saturated heterocycles. The van der Waals surface area contributed by atoms with Crippen molar-refractivity contribution in [2.45, 2.75) is 53.4 Å². The number of amides is 2. The van der Waals surface area contributed by atoms with Crippen molar-refractivity contribution in [1.29, 1.82) is 0 Å². The first-order chi connectivity index (χ1) is 20.4. The van der Waals surface area contributed by atoms with Crippen LogP contribution in [0.5, 0.6) is 0 Å². The summed E-state index contributed by atoms with van der Waals surface area (Å²) in [7, 11) is 0. The highest BCUT2D eigenvalue weighted by Gasteiger charge is 2.24. The number of carbonyl (C=O) groups is 4. The van der Waals surface area contributed by atoms with Gasteiger partial charge in [0.1, 0.15) is 0 Å². The summed E-state index contributed by atoms with van der Waals surface area (Å²) in [4.78, 5) is 58.2. The summed E-state index contributed by atoms with van der Waals surface area (Å²) >= 11 is 0. The number of allylic oxidation sites excluding steroid dienone is 2. The van der Waals surface area contributed by atoms with E-state index in [0.29, 0.717) is 38.8 Å². The van der Waals surface area contributed by atoms with Gasteiger partial charge < -0.3 is 25.5 Å². The predicted octanol–water partition coefficient (Wildman–Crippen LogP) is 3.36. The number of H-pyrrole nitrogens is 2. The van der Waals surface area contributed by atoms with Crippen molar-refractivity contribution >= 4 is 53.8 Å². The zero-order chi connectivity index (χ0) is 31.6. The molecule has 0 radical (unpaired) electrons. The van der Waals surface area contributed by atoms with Gasteiger partial charge >= 0.3 is 11.9 Å². The van der Waals surface area contributed by atoms with Gasteiger partial charge in [0.05, 0.1) is 11.4 Å². The number of hydrogen-bond acceptors (Lipinski definition) is 4. The first kappa shape index (κ1) is 30.7. The Labute approximate surface area is 248 Å². The molecule has 0 aromatic carbocycles. The number of aliphatic imine (C=N–C) groups is 1. The fourth-order valence-corrected chi connectivity index (χ4v) is 5.33. The molecule has 43 heavy (non-hydrogen) atoms. The molecule has 2 aliphatic heterocycles. The SMILES string of the molecule is C=CC1=C(C)C(=O)N/C1=C/c1[nH]c(/C=c2/[nH]/c(=C/C3=NC(=O)C(C)=C3CCC(=O)O)c(CCC(=O)O)c2C)c(C=C)c1C. The number of nitrogens with one attached hydrogen (secondary N) is 3. The van der Waals surface area contributed by atoms with Gasteiger partial charge in [0.25, 0.3) is 11.8 Å². The minimum absolute atomic E-state index is 0.105. The summed E-state index contributed by atoms with van der Waals surface area (Å²) in [5.41, 5.74) is 8.14. The largest absolute Gasteiger partial charge is 0.481 e. The van der Waals surface area contributed by atoms with Gasteiger partial charge in [-0.3, -0.25) is 19.2 Å². The number of aliphatic carboxylic acids is 2. The van der Waals surface area contributed by atoms with E-state index < -0.39 is 17.8 Å². The van der Waals surface area contributed by atoms with Crippen molar-refractivity contribution in [1.82, 2.24) is 15.3 Å². The van der Waals surface area contributed by atoms with Crippen LogP contribution in [0.2, 0.25) is 0 Å². The Kier molecular flexibility index (Phi) is 8.80. The molecule has 10 nitrogen and oxygen atoms in total. The Hall–Kier alpha value is -5.25. The number of carbonyl (C=O) groups excluding carboxylic acids is 2. The first-order valence-corrected chi connectivity index (χ1v) is 13.8. The smallest absolute Gasteiger partial charge is 0.303 e. The van der Waals surface area contributed by atoms with Crippen molar-refractivity contribution in [3.05, 3.63) is 91.6 Å². The minimum Gasteiger partial charge on any atom is -0.481 e. The van der Waals surface area contributed by atoms with E-state index in [1.54, 1.807) is 32.1 Å². The number of carboxylic acid groups (broad SMARTS) is 2. The number of carboxylic acids is 2. The lowest BCUT2D eigenvalue weighted by Crippen LogP contribution is -2.16. The van der Waals surface area contributed by atoms with E-state index in [4.69, 9.17) is 0 Å². The lowest BCUT2D eigenvalue weighted by Gasteiger charge is -2.03. The second-order valence-electron chi connectivity index (χ2n) is 10.5. The van der Waals surface area contributed by atoms with Gasteiger partial charge in [-0.2, -0.15) is 0 Å². The zero-order valence-corrected chi connectivity index (χ0v) is 24.6. The molecule has 2 aliphatic rings. The van der Waals surface area contributed by atoms with E-state index in [1.807, 2.05) is 26.0 Å². The number of aromatic amines is 2. The van der Waals surface area contributed by atoms with Gasteiger partial charge in [0, 0.05) is 57.2 Å². The fraction of sp³-hybridized carbons (Fsp3) is 0.242. The van der Waals surface area contributed by atoms with Crippen molar-refractivity contribution in [3.63, 3.8) is 0 Å². The molecule has 0 aliphatic carbocycles. The van der Waals surface area contributed by atoms with Gasteiger partial charge in [-0.15, -0.1) is 0 Å². The topological polar surface area (TPSA) is 165 Å². The summed E-state index contributed by atoms with van der Waals surface area (Å²) in [5.74, 6) is -2.52. The van der Waals surface area contributed by atoms with Crippen LogP contribution in [0.3, 0.4) is 0 Å². The standard InChI is InChI=1S/C33H34N4O6/c1-7-20-16(3)24(14-27-21(8-2)18(5)32(42)36-27)34-26(20)13-25-17(4)22(9-11-30(38)39)28(35-25)15-29-23(10-12-31(40)41)19(6)33(43)37-29/h7-8,13-15,34-35H,1-2,9-12H2,3-6H3,(H,36,42)(H,38,39)(H,40,41)/b25-13+,27-14+,28-15+. The van der Waals surface area contributed by atoms with Gasteiger partial charge in [0.15, 0.2) is 0 Å². The summed E-state index contributed by atoms with van der Waals surface area (Å²) in [6.45, 7) is 15.0. The molecule has 2 amide bonds. The Bertz CT molecular complexity index is 1860. The molecule has 5 N–H and O–H groups in total. The van der Waals surface area contributed by atoms with Crippen LogP contribution >= 0.6 is 0 Å². The molecular weight excluding hydrogens is 548 g/mol. The predicted molar refractivity (Wildman–Crippen MR) is 165 cm³/mol. The first-order valence-electron chi connectivity index (χ1n) is 13.8. The normalized spacial score (nSPS) is 16.9. The van der Waals surface area contributed by atoms with Crippen LogP contribution < -0.4 is 16.0 Å². The fourth-order valence-electron chi connectivity index (χ4n) is 5.33. The monoisotopic (exact) mass is 582 g/mol. The van der Waals surface area contributed by atoms with E-state index in [9.17, 15) is 29.4 Å². The van der Waals surface area contributed by atoms with Crippen LogP contribution in [0.15, 0.2) is 52.2 Å². The molecule has 0 bridgehead atoms. The van der Waals surface area contributed by atoms with Crippen LogP contribution in [0.1, 0.15) is 66.8 Å². The average Bonchev–Trinajstić information content (AvgIpc) is 3.59. The van der Waals surface area contributed by atoms with Gasteiger partial charge in [-0.1, -0.05) is 25.3 Å². The zero-order valence-electron chi connectivity index (χ0n) is 24.6. The van der Waals surface area contributed by atoms with Crippen LogP contribution in [0.4, 0.5) is 0 Å². The average molecular weight is 583 g/mol. The second kappa shape index (κ2) is 12.3. The number of aromatic nitrogens is 2. The maximum atomic E-state index is 12.4. The van der Waals surface area contributed by atoms with Crippen molar-refractivity contribution in [2.75, 3.05) is 0 Å². The highest BCUT2D eigenvalue weighted by molar-refractivity contribution is 6.31. The molecule has 10 heteroatoms. The van der Waals surface area contributed by atoms with Gasteiger partial charge in [-0.05, 0) is 81.0 Å². The van der Waals surface area contributed by atoms with E-state index in [-0.39, 0.29) is 31.6 Å². The summed E-state index contributed by atoms with van der Waals surface area (Å²) in [6, 6.07) is 0. The third-order valence-corrected chi connectivity index (χ3v) is 7.85. The number of hydrogen-bond donors (Lipinski definition) is 5. The molecule has 0 fully saturated rings. The van der Waals surface area contributed by atoms with Gasteiger partial charge in [0.2, 0.25) is 0 Å². The highest BCUT2D eigenvalue weighted by atomic mass is 16.4. The lowest BCUT2D eigenvalue weighted by molar-refractivity contribution is -0.137. The van der Waals surface area contributed by atoms with Crippen molar-refractivity contribution < 1.29 is 29.4 Å². The molecule has 0 atom stereocenters. The Morgan fingerprint density at radius 3 is 2.12 bits per heavy atom. The van der Waals surface area contributed by atoms with E-state index in [1.165, 1.54) is 0 Å². The van der Waals surface area contributed by atoms with Crippen molar-refractivity contribution in [3.8, 4) is 0 Å². The molecule has 2 aromatic rings. The van der Waals surface area contributed by atoms with E-state index in [0.717, 1.165) is 39.2 Å². The Morgan fingerprint density at radius 1 is 0.814 bits per heavy atom. The second-order valence-corrected chi connectivity index (χ2v) is 10.5. The summed E-state index contributed by atoms with van der Waals surface area (Å²) in [5, 5.41) is 22.7. The Morgan fingerprint density at radius 2 is 1.49 bits per heavy atom. The number of nitrogens with zero attached hydrogens (tertiary/aromatic N) is 1. The van der Waals surface area contributed by atoms with Crippen LogP contribution in [0, 0.1) is 13.8 Å². The quantitative estimate of drug-likeness (QED) is 0.273. The third-order valence-electron chi connectivity index (χ3n) is 7.85. The van der Waals surface area contributed by atoms with Crippen LogP contribution in [-0.4, -0.2) is 49.6 Å². The maximum Gasteiger partial charge on any atom is 0.303 e. The molecule has 0 unspecified atom stereocenters. The van der Waals surface area contributed by atoms with Crippen molar-refractivity contribution in [2.24, 2.45) is 4.99 Å². The van der Waals surface area contributed by atoms with E-state index >= 15 is 0 Å².